The van der Waals surface area contributed by atoms with E-state index in [-0.39, 0.29) is 29.3 Å². The minimum absolute atomic E-state index is 0.0534. The van der Waals surface area contributed by atoms with Crippen molar-refractivity contribution < 1.29 is 13.2 Å². The maximum Gasteiger partial charge on any atom is 0.416 e. The summed E-state index contributed by atoms with van der Waals surface area (Å²) in [7, 11) is 2.14. The highest BCUT2D eigenvalue weighted by Crippen LogP contribution is 2.33. The van der Waals surface area contributed by atoms with E-state index in [4.69, 9.17) is 0 Å². The van der Waals surface area contributed by atoms with Gasteiger partial charge >= 0.3 is 6.18 Å². The van der Waals surface area contributed by atoms with Gasteiger partial charge in [0.05, 0.1) is 28.9 Å². The Morgan fingerprint density at radius 3 is 2.62 bits per heavy atom. The van der Waals surface area contributed by atoms with E-state index in [1.165, 1.54) is 39.7 Å². The molecule has 0 aliphatic carbocycles. The molecule has 1 atom stereocenters. The molecule has 5 heterocycles. The highest BCUT2D eigenvalue weighted by atomic mass is 32.1. The number of fused-ring (bicyclic) bond motifs is 1. The summed E-state index contributed by atoms with van der Waals surface area (Å²) >= 11 is 1.43. The number of rotatable bonds is 7. The molecule has 1 N–H and O–H groups in total. The van der Waals surface area contributed by atoms with E-state index in [0.29, 0.717) is 28.5 Å². The van der Waals surface area contributed by atoms with Gasteiger partial charge in [-0.05, 0) is 74.7 Å². The summed E-state index contributed by atoms with van der Waals surface area (Å²) in [5, 5.41) is 5.54. The number of piperidine rings is 1. The van der Waals surface area contributed by atoms with Crippen LogP contribution in [0.5, 0.6) is 0 Å². The number of benzene rings is 2. The average molecular weight is 657 g/mol. The highest BCUT2D eigenvalue weighted by molar-refractivity contribution is 7.07. The first-order valence-electron chi connectivity index (χ1n) is 15.2. The molecular weight excluding hydrogens is 625 g/mol. The summed E-state index contributed by atoms with van der Waals surface area (Å²) in [6.45, 7) is 3.59. The van der Waals surface area contributed by atoms with Gasteiger partial charge in [-0.15, -0.1) is 11.3 Å². The Kier molecular flexibility index (Phi) is 8.10. The van der Waals surface area contributed by atoms with E-state index in [1.54, 1.807) is 28.7 Å². The molecule has 0 bridgehead atoms. The quantitative estimate of drug-likeness (QED) is 0.197. The van der Waals surface area contributed by atoms with Crippen LogP contribution < -0.4 is 10.9 Å². The molecule has 0 spiro atoms. The van der Waals surface area contributed by atoms with Crippen LogP contribution in [0.2, 0.25) is 0 Å². The van der Waals surface area contributed by atoms with Crippen LogP contribution in [0.3, 0.4) is 0 Å². The van der Waals surface area contributed by atoms with Crippen molar-refractivity contribution in [1.29, 1.82) is 0 Å². The van der Waals surface area contributed by atoms with Crippen molar-refractivity contribution in [3.05, 3.63) is 111 Å². The van der Waals surface area contributed by atoms with Crippen molar-refractivity contribution >= 4 is 34.0 Å². The van der Waals surface area contributed by atoms with Gasteiger partial charge in [0.25, 0.3) is 5.56 Å². The molecule has 0 amide bonds. The first kappa shape index (κ1) is 30.8. The molecule has 1 fully saturated rings. The summed E-state index contributed by atoms with van der Waals surface area (Å²) in [5.74, 6) is 1.35. The van der Waals surface area contributed by atoms with E-state index >= 15 is 0 Å². The minimum Gasteiger partial charge on any atom is -0.324 e. The number of aromatic nitrogens is 6. The topological polar surface area (TPSA) is 93.8 Å². The van der Waals surface area contributed by atoms with E-state index < -0.39 is 17.3 Å². The molecule has 0 saturated carbocycles. The maximum absolute atomic E-state index is 14.2. The van der Waals surface area contributed by atoms with Crippen molar-refractivity contribution in [1.82, 2.24) is 34.0 Å². The fraction of sp³-hybridized carbons (Fsp3) is 0.265. The monoisotopic (exact) mass is 656 g/mol. The van der Waals surface area contributed by atoms with Crippen LogP contribution in [0, 0.1) is 6.92 Å². The van der Waals surface area contributed by atoms with Crippen molar-refractivity contribution in [2.24, 2.45) is 0 Å². The minimum atomic E-state index is -4.60. The number of hydrogen-bond donors (Lipinski definition) is 1. The zero-order valence-electron chi connectivity index (χ0n) is 25.7. The largest absolute Gasteiger partial charge is 0.416 e. The number of pyridine rings is 1. The molecule has 1 aliphatic rings. The Hall–Kier alpha value is -4.88. The van der Waals surface area contributed by atoms with Crippen LogP contribution in [0.25, 0.3) is 28.1 Å². The van der Waals surface area contributed by atoms with Gasteiger partial charge in [-0.25, -0.2) is 15.0 Å². The van der Waals surface area contributed by atoms with Gasteiger partial charge in [-0.3, -0.25) is 13.9 Å². The zero-order valence-corrected chi connectivity index (χ0v) is 26.5. The number of nitrogens with zero attached hydrogens (tertiary/aromatic N) is 7. The molecule has 9 nitrogen and oxygen atoms in total. The van der Waals surface area contributed by atoms with Crippen molar-refractivity contribution in [2.45, 2.75) is 38.4 Å². The first-order chi connectivity index (χ1) is 22.7. The van der Waals surface area contributed by atoms with Crippen LogP contribution >= 0.6 is 11.3 Å². The number of alkyl halides is 3. The molecule has 7 rings (SSSR count). The number of likely N-dealkylation sites (N-methyl/N-ethyl adjacent to an activating group) is 1. The van der Waals surface area contributed by atoms with Crippen molar-refractivity contribution in [2.75, 3.05) is 25.5 Å². The lowest BCUT2D eigenvalue weighted by atomic mass is 9.91. The standard InChI is InChI=1S/C34H31F3N8OS/c1-21-30(39-19-45(21)29-18-47-20-40-29)27-14-25-15-38-33(41-26-11-9-22(10-12-26)23-7-5-13-43(2)16-23)42-31(25)44(32(27)46)17-24-6-3-4-8-28(24)34(35,36)37/h3-4,6,8-12,14-15,18-20,23H,5,7,13,16-17H2,1-2H3,(H,38,41,42). The zero-order chi connectivity index (χ0) is 32.7. The number of halogens is 3. The SMILES string of the molecule is Cc1c(-c2cc3cnc(Nc4ccc(C5CCCN(C)C5)cc4)nc3n(Cc3ccccc3C(F)(F)F)c2=O)ncn1-c1cscn1. The van der Waals surface area contributed by atoms with E-state index in [0.717, 1.165) is 37.7 Å². The summed E-state index contributed by atoms with van der Waals surface area (Å²) in [5.41, 5.74) is 3.82. The van der Waals surface area contributed by atoms with Gasteiger partial charge in [0, 0.05) is 34.9 Å². The molecule has 47 heavy (non-hydrogen) atoms. The molecule has 2 aromatic carbocycles. The molecule has 1 saturated heterocycles. The lowest BCUT2D eigenvalue weighted by Gasteiger charge is -2.30. The summed E-state index contributed by atoms with van der Waals surface area (Å²) in [4.78, 5) is 34.6. The number of hydrogen-bond acceptors (Lipinski definition) is 8. The molecule has 240 valence electrons. The Balaban J connectivity index is 1.30. The molecular formula is C34H31F3N8OS. The van der Waals surface area contributed by atoms with Crippen LogP contribution in [0.4, 0.5) is 24.8 Å². The average Bonchev–Trinajstić information content (AvgIpc) is 3.72. The van der Waals surface area contributed by atoms with Gasteiger partial charge in [-0.1, -0.05) is 30.3 Å². The van der Waals surface area contributed by atoms with Crippen LogP contribution in [-0.4, -0.2) is 54.1 Å². The van der Waals surface area contributed by atoms with Crippen molar-refractivity contribution in [3.63, 3.8) is 0 Å². The van der Waals surface area contributed by atoms with Gasteiger partial charge in [0.2, 0.25) is 5.95 Å². The first-order valence-corrected chi connectivity index (χ1v) is 16.1. The number of imidazole rings is 1. The number of likely N-dealkylation sites (tertiary alicyclic amines) is 1. The fourth-order valence-corrected chi connectivity index (χ4v) is 6.80. The Morgan fingerprint density at radius 1 is 1.06 bits per heavy atom. The number of nitrogens with one attached hydrogen (secondary N) is 1. The normalized spacial score (nSPS) is 15.7. The number of anilines is 2. The summed E-state index contributed by atoms with van der Waals surface area (Å²) in [6.07, 6.45) is 0.854. The van der Waals surface area contributed by atoms with E-state index in [9.17, 15) is 18.0 Å². The second-order valence-electron chi connectivity index (χ2n) is 11.8. The molecule has 1 aliphatic heterocycles. The van der Waals surface area contributed by atoms with Crippen LogP contribution in [-0.2, 0) is 12.7 Å². The Labute approximate surface area is 272 Å². The molecule has 0 radical (unpaired) electrons. The summed E-state index contributed by atoms with van der Waals surface area (Å²) in [6, 6.07) is 15.0. The maximum atomic E-state index is 14.2. The lowest BCUT2D eigenvalue weighted by Crippen LogP contribution is -2.30. The Bertz CT molecular complexity index is 2110. The third-order valence-corrected chi connectivity index (χ3v) is 9.24. The van der Waals surface area contributed by atoms with Crippen molar-refractivity contribution in [3.8, 4) is 17.1 Å². The smallest absolute Gasteiger partial charge is 0.324 e. The molecule has 13 heteroatoms. The van der Waals surface area contributed by atoms with Gasteiger partial charge in [0.1, 0.15) is 17.8 Å². The fourth-order valence-electron chi connectivity index (χ4n) is 6.28. The highest BCUT2D eigenvalue weighted by Gasteiger charge is 2.33. The second-order valence-corrected chi connectivity index (χ2v) is 12.5. The van der Waals surface area contributed by atoms with E-state index in [1.807, 2.05) is 24.4 Å². The van der Waals surface area contributed by atoms with Gasteiger partial charge in [0.15, 0.2) is 0 Å². The number of thiazole rings is 1. The van der Waals surface area contributed by atoms with Crippen LogP contribution in [0.1, 0.15) is 41.1 Å². The van der Waals surface area contributed by atoms with Gasteiger partial charge < -0.3 is 10.2 Å². The third kappa shape index (κ3) is 6.15. The van der Waals surface area contributed by atoms with Gasteiger partial charge in [-0.2, -0.15) is 18.2 Å². The second kappa shape index (κ2) is 12.4. The van der Waals surface area contributed by atoms with E-state index in [2.05, 4.69) is 49.3 Å². The molecule has 1 unspecified atom stereocenters. The molecule has 4 aromatic heterocycles. The summed E-state index contributed by atoms with van der Waals surface area (Å²) < 4.78 is 45.1. The molecule has 6 aromatic rings. The Morgan fingerprint density at radius 2 is 1.87 bits per heavy atom. The lowest BCUT2D eigenvalue weighted by molar-refractivity contribution is -0.138. The predicted octanol–water partition coefficient (Wildman–Crippen LogP) is 7.03. The van der Waals surface area contributed by atoms with Crippen LogP contribution in [0.15, 0.2) is 82.8 Å². The predicted molar refractivity (Wildman–Crippen MR) is 177 cm³/mol. The third-order valence-electron chi connectivity index (χ3n) is 8.67.